The number of nitrogens with zero attached hydrogens (tertiary/aromatic N) is 1. The molecule has 0 amide bonds. The number of piperazine rings is 1. The maximum atomic E-state index is 10.8. The molecule has 0 aromatic rings. The standard InChI is InChI=1S/C16H28N2O/c19-15(10-18-3-1-17-2-4-18)16-13-6-11-5-12(8-13)9-14(16)7-11/h11-17,19H,1-10H2. The lowest BCUT2D eigenvalue weighted by Gasteiger charge is -2.56. The normalized spacial score (nSPS) is 47.5. The van der Waals surface area contributed by atoms with Gasteiger partial charge in [-0.15, -0.1) is 0 Å². The minimum atomic E-state index is -0.0619. The van der Waals surface area contributed by atoms with Crippen LogP contribution in [-0.4, -0.2) is 48.8 Å². The van der Waals surface area contributed by atoms with Crippen LogP contribution in [0.5, 0.6) is 0 Å². The van der Waals surface area contributed by atoms with Crippen molar-refractivity contribution in [2.75, 3.05) is 32.7 Å². The molecule has 5 fully saturated rings. The van der Waals surface area contributed by atoms with Crippen LogP contribution in [0.15, 0.2) is 0 Å². The Bertz CT molecular complexity index is 299. The van der Waals surface area contributed by atoms with Crippen molar-refractivity contribution in [3.63, 3.8) is 0 Å². The first kappa shape index (κ1) is 12.6. The zero-order valence-electron chi connectivity index (χ0n) is 11.9. The predicted octanol–water partition coefficient (Wildman–Crippen LogP) is 1.32. The van der Waals surface area contributed by atoms with Crippen molar-refractivity contribution in [1.82, 2.24) is 10.2 Å². The molecular weight excluding hydrogens is 236 g/mol. The van der Waals surface area contributed by atoms with Crippen LogP contribution in [0.2, 0.25) is 0 Å². The molecule has 108 valence electrons. The van der Waals surface area contributed by atoms with Gasteiger partial charge in [0.25, 0.3) is 0 Å². The maximum absolute atomic E-state index is 10.8. The van der Waals surface area contributed by atoms with Gasteiger partial charge in [-0.25, -0.2) is 0 Å². The van der Waals surface area contributed by atoms with Gasteiger partial charge in [0.15, 0.2) is 0 Å². The third-order valence-corrected chi connectivity index (χ3v) is 6.40. The lowest BCUT2D eigenvalue weighted by molar-refractivity contribution is -0.0963. The van der Waals surface area contributed by atoms with Gasteiger partial charge < -0.3 is 10.4 Å². The summed E-state index contributed by atoms with van der Waals surface area (Å²) in [5.41, 5.74) is 0. The van der Waals surface area contributed by atoms with Crippen LogP contribution in [-0.2, 0) is 0 Å². The summed E-state index contributed by atoms with van der Waals surface area (Å²) in [6.45, 7) is 5.34. The molecular formula is C16H28N2O. The number of aliphatic hydroxyl groups is 1. The van der Waals surface area contributed by atoms with Gasteiger partial charge in [-0.3, -0.25) is 4.90 Å². The fraction of sp³-hybridized carbons (Fsp3) is 1.00. The summed E-state index contributed by atoms with van der Waals surface area (Å²) in [6.07, 6.45) is 7.15. The second-order valence-electron chi connectivity index (χ2n) is 7.63. The second-order valence-corrected chi connectivity index (χ2v) is 7.63. The Morgan fingerprint density at radius 2 is 1.53 bits per heavy atom. The highest BCUT2D eigenvalue weighted by Gasteiger charge is 2.50. The van der Waals surface area contributed by atoms with Gasteiger partial charge in [0.1, 0.15) is 0 Å². The van der Waals surface area contributed by atoms with Crippen LogP contribution >= 0.6 is 0 Å². The molecule has 0 aromatic heterocycles. The Hall–Kier alpha value is -0.120. The van der Waals surface area contributed by atoms with E-state index >= 15 is 0 Å². The van der Waals surface area contributed by atoms with Gasteiger partial charge in [-0.1, -0.05) is 0 Å². The van der Waals surface area contributed by atoms with Crippen molar-refractivity contribution < 1.29 is 5.11 Å². The molecule has 4 aliphatic carbocycles. The van der Waals surface area contributed by atoms with E-state index < -0.39 is 0 Å². The monoisotopic (exact) mass is 264 g/mol. The average Bonchev–Trinajstić information content (AvgIpc) is 2.38. The Labute approximate surface area is 116 Å². The Morgan fingerprint density at radius 3 is 2.11 bits per heavy atom. The van der Waals surface area contributed by atoms with Crippen LogP contribution in [0.4, 0.5) is 0 Å². The Morgan fingerprint density at radius 1 is 0.947 bits per heavy atom. The summed E-state index contributed by atoms with van der Waals surface area (Å²) in [5, 5.41) is 14.2. The van der Waals surface area contributed by atoms with E-state index in [-0.39, 0.29) is 6.10 Å². The fourth-order valence-electron chi connectivity index (χ4n) is 5.88. The van der Waals surface area contributed by atoms with Crippen LogP contribution in [0, 0.1) is 29.6 Å². The third-order valence-electron chi connectivity index (χ3n) is 6.40. The van der Waals surface area contributed by atoms with E-state index in [0.29, 0.717) is 5.92 Å². The van der Waals surface area contributed by atoms with E-state index in [1.165, 1.54) is 32.1 Å². The second kappa shape index (κ2) is 5.01. The number of rotatable bonds is 3. The van der Waals surface area contributed by atoms with Crippen molar-refractivity contribution in [2.24, 2.45) is 29.6 Å². The van der Waals surface area contributed by atoms with Crippen molar-refractivity contribution >= 4 is 0 Å². The van der Waals surface area contributed by atoms with Crippen LogP contribution in [0.1, 0.15) is 32.1 Å². The van der Waals surface area contributed by atoms with Crippen molar-refractivity contribution in [3.05, 3.63) is 0 Å². The molecule has 5 aliphatic rings. The van der Waals surface area contributed by atoms with E-state index in [4.69, 9.17) is 0 Å². The minimum absolute atomic E-state index is 0.0619. The van der Waals surface area contributed by atoms with E-state index in [2.05, 4.69) is 10.2 Å². The summed E-state index contributed by atoms with van der Waals surface area (Å²) in [4.78, 5) is 2.46. The first-order chi connectivity index (χ1) is 9.29. The van der Waals surface area contributed by atoms with Crippen molar-refractivity contribution in [3.8, 4) is 0 Å². The molecule has 5 rings (SSSR count). The van der Waals surface area contributed by atoms with Crippen molar-refractivity contribution in [2.45, 2.75) is 38.2 Å². The minimum Gasteiger partial charge on any atom is -0.391 e. The number of β-amino-alcohol motifs (C(OH)–C–C–N with tert-alkyl or cyclic N) is 1. The quantitative estimate of drug-likeness (QED) is 0.807. The van der Waals surface area contributed by atoms with Gasteiger partial charge in [-0.05, 0) is 61.7 Å². The van der Waals surface area contributed by atoms with Crippen LogP contribution in [0.3, 0.4) is 0 Å². The molecule has 2 N–H and O–H groups in total. The number of nitrogens with one attached hydrogen (secondary N) is 1. The van der Waals surface area contributed by atoms with E-state index in [1.54, 1.807) is 0 Å². The molecule has 19 heavy (non-hydrogen) atoms. The summed E-state index contributed by atoms with van der Waals surface area (Å²) in [6, 6.07) is 0. The zero-order valence-corrected chi connectivity index (χ0v) is 11.9. The summed E-state index contributed by atoms with van der Waals surface area (Å²) in [7, 11) is 0. The van der Waals surface area contributed by atoms with Gasteiger partial charge in [-0.2, -0.15) is 0 Å². The van der Waals surface area contributed by atoms with Gasteiger partial charge >= 0.3 is 0 Å². The molecule has 0 aromatic carbocycles. The maximum Gasteiger partial charge on any atom is 0.0700 e. The largest absolute Gasteiger partial charge is 0.391 e. The predicted molar refractivity (Wildman–Crippen MR) is 75.9 cm³/mol. The smallest absolute Gasteiger partial charge is 0.0700 e. The lowest BCUT2D eigenvalue weighted by Crippen LogP contribution is -2.53. The summed E-state index contributed by atoms with van der Waals surface area (Å²) in [5.74, 6) is 4.38. The third kappa shape index (κ3) is 2.34. The molecule has 0 spiro atoms. The Kier molecular flexibility index (Phi) is 3.33. The fourth-order valence-corrected chi connectivity index (χ4v) is 5.88. The molecule has 3 nitrogen and oxygen atoms in total. The highest BCUT2D eigenvalue weighted by atomic mass is 16.3. The summed E-state index contributed by atoms with van der Waals surface area (Å²) >= 11 is 0. The number of aliphatic hydroxyl groups excluding tert-OH is 1. The molecule has 1 heterocycles. The van der Waals surface area contributed by atoms with E-state index in [9.17, 15) is 5.11 Å². The summed E-state index contributed by atoms with van der Waals surface area (Å²) < 4.78 is 0. The van der Waals surface area contributed by atoms with Gasteiger partial charge in [0.05, 0.1) is 6.10 Å². The zero-order chi connectivity index (χ0) is 12.8. The molecule has 1 aliphatic heterocycles. The highest BCUT2D eigenvalue weighted by Crippen LogP contribution is 2.57. The number of hydrogen-bond donors (Lipinski definition) is 2. The lowest BCUT2D eigenvalue weighted by atomic mass is 9.51. The molecule has 3 heteroatoms. The Balaban J connectivity index is 1.40. The molecule has 1 saturated heterocycles. The van der Waals surface area contributed by atoms with Crippen molar-refractivity contribution in [1.29, 1.82) is 0 Å². The van der Waals surface area contributed by atoms with Gasteiger partial charge in [0.2, 0.25) is 0 Å². The van der Waals surface area contributed by atoms with E-state index in [0.717, 1.165) is 56.4 Å². The molecule has 4 saturated carbocycles. The molecule has 0 radical (unpaired) electrons. The molecule has 1 atom stereocenters. The molecule has 1 unspecified atom stereocenters. The highest BCUT2D eigenvalue weighted by molar-refractivity contribution is 5.00. The first-order valence-electron chi connectivity index (χ1n) is 8.40. The topological polar surface area (TPSA) is 35.5 Å². The van der Waals surface area contributed by atoms with Gasteiger partial charge in [0, 0.05) is 32.7 Å². The first-order valence-corrected chi connectivity index (χ1v) is 8.40. The van der Waals surface area contributed by atoms with E-state index in [1.807, 2.05) is 0 Å². The molecule has 4 bridgehead atoms. The number of hydrogen-bond acceptors (Lipinski definition) is 3. The van der Waals surface area contributed by atoms with Crippen LogP contribution in [0.25, 0.3) is 0 Å². The SMILES string of the molecule is OC(CN1CCNCC1)C1C2CC3CC(C2)CC1C3. The van der Waals surface area contributed by atoms with Crippen LogP contribution < -0.4 is 5.32 Å². The average molecular weight is 264 g/mol.